The molecule has 3 rings (SSSR count). The van der Waals surface area contributed by atoms with Crippen molar-refractivity contribution in [2.75, 3.05) is 18.9 Å². The van der Waals surface area contributed by atoms with E-state index in [1.165, 1.54) is 25.7 Å². The number of hydrogen-bond acceptors (Lipinski definition) is 7. The summed E-state index contributed by atoms with van der Waals surface area (Å²) in [6.07, 6.45) is 2.60. The molecule has 0 atom stereocenters. The van der Waals surface area contributed by atoms with Gasteiger partial charge in [-0.15, -0.1) is 0 Å². The first-order chi connectivity index (χ1) is 14.4. The Morgan fingerprint density at radius 3 is 2.60 bits per heavy atom. The van der Waals surface area contributed by atoms with Crippen LogP contribution in [0.5, 0.6) is 17.4 Å². The van der Waals surface area contributed by atoms with Crippen LogP contribution in [0.3, 0.4) is 0 Å². The molecule has 0 saturated carbocycles. The Morgan fingerprint density at radius 2 is 1.87 bits per heavy atom. The minimum atomic E-state index is -3.92. The summed E-state index contributed by atoms with van der Waals surface area (Å²) in [7, 11) is -0.833. The van der Waals surface area contributed by atoms with Gasteiger partial charge in [-0.05, 0) is 42.3 Å². The highest BCUT2D eigenvalue weighted by Crippen LogP contribution is 2.30. The van der Waals surface area contributed by atoms with Crippen molar-refractivity contribution in [3.63, 3.8) is 0 Å². The monoisotopic (exact) mass is 449 g/mol. The Balaban J connectivity index is 1.82. The van der Waals surface area contributed by atoms with Gasteiger partial charge in [0.25, 0.3) is 10.0 Å². The molecule has 0 aliphatic rings. The zero-order valence-electron chi connectivity index (χ0n) is 16.5. The van der Waals surface area contributed by atoms with E-state index in [0.717, 1.165) is 5.56 Å². The van der Waals surface area contributed by atoms with E-state index in [1.807, 2.05) is 6.07 Å². The number of sulfonamides is 1. The van der Waals surface area contributed by atoms with Crippen molar-refractivity contribution in [1.29, 1.82) is 0 Å². The van der Waals surface area contributed by atoms with Crippen LogP contribution in [0.15, 0.2) is 53.8 Å². The highest BCUT2D eigenvalue weighted by molar-refractivity contribution is 7.92. The summed E-state index contributed by atoms with van der Waals surface area (Å²) in [5, 5.41) is 0.354. The van der Waals surface area contributed by atoms with Gasteiger partial charge in [-0.3, -0.25) is 4.72 Å². The summed E-state index contributed by atoms with van der Waals surface area (Å²) in [4.78, 5) is 7.99. The maximum absolute atomic E-state index is 12.8. The fourth-order valence-corrected chi connectivity index (χ4v) is 4.24. The van der Waals surface area contributed by atoms with Crippen molar-refractivity contribution in [3.8, 4) is 17.4 Å². The first kappa shape index (κ1) is 21.7. The highest BCUT2D eigenvalue weighted by atomic mass is 35.5. The molecular formula is C20H20ClN3O5S. The standard InChI is InChI=1S/C20H20ClN3O5S/c1-13-15(21)5-4-6-19(13)30(25,26)24-16-10-22-12-23-20(16)29-11-14-7-8-17(27-2)18(9-14)28-3/h4-10,12,24H,11H2,1-3H3. The van der Waals surface area contributed by atoms with Gasteiger partial charge in [-0.25, -0.2) is 13.4 Å². The van der Waals surface area contributed by atoms with Crippen LogP contribution in [0.2, 0.25) is 5.02 Å². The molecule has 0 bridgehead atoms. The van der Waals surface area contributed by atoms with Crippen molar-refractivity contribution in [2.24, 2.45) is 0 Å². The molecule has 158 valence electrons. The molecule has 0 unspecified atom stereocenters. The second-order valence-electron chi connectivity index (χ2n) is 6.19. The number of anilines is 1. The molecule has 0 aliphatic heterocycles. The third-order valence-electron chi connectivity index (χ3n) is 4.25. The Hall–Kier alpha value is -3.04. The molecule has 0 saturated heterocycles. The zero-order chi connectivity index (χ0) is 21.7. The van der Waals surface area contributed by atoms with Gasteiger partial charge in [0.05, 0.1) is 25.3 Å². The third kappa shape index (κ3) is 4.74. The lowest BCUT2D eigenvalue weighted by atomic mass is 10.2. The van der Waals surface area contributed by atoms with E-state index < -0.39 is 10.0 Å². The predicted octanol–water partition coefficient (Wildman–Crippen LogP) is 3.84. The summed E-state index contributed by atoms with van der Waals surface area (Å²) in [5.41, 5.74) is 1.33. The Labute approximate surface area is 179 Å². The molecule has 0 aliphatic carbocycles. The minimum absolute atomic E-state index is 0.0599. The summed E-state index contributed by atoms with van der Waals surface area (Å²) in [6.45, 7) is 1.76. The molecule has 0 fully saturated rings. The van der Waals surface area contributed by atoms with Crippen LogP contribution in [0.1, 0.15) is 11.1 Å². The van der Waals surface area contributed by atoms with Crippen LogP contribution in [0.4, 0.5) is 5.69 Å². The average molecular weight is 450 g/mol. The lowest BCUT2D eigenvalue weighted by Crippen LogP contribution is -2.16. The molecule has 1 aromatic heterocycles. The zero-order valence-corrected chi connectivity index (χ0v) is 18.1. The molecule has 3 aromatic rings. The fraction of sp³-hybridized carbons (Fsp3) is 0.200. The van der Waals surface area contributed by atoms with Gasteiger partial charge in [0.15, 0.2) is 11.5 Å². The number of rotatable bonds is 8. The Kier molecular flexibility index (Phi) is 6.63. The van der Waals surface area contributed by atoms with Crippen LogP contribution in [-0.4, -0.2) is 32.6 Å². The summed E-state index contributed by atoms with van der Waals surface area (Å²) in [6, 6.07) is 9.99. The molecule has 10 heteroatoms. The van der Waals surface area contributed by atoms with Gasteiger partial charge in [0.1, 0.15) is 18.6 Å². The number of halogens is 1. The number of hydrogen-bond donors (Lipinski definition) is 1. The normalized spacial score (nSPS) is 11.1. The number of benzene rings is 2. The fourth-order valence-electron chi connectivity index (χ4n) is 2.70. The molecule has 30 heavy (non-hydrogen) atoms. The van der Waals surface area contributed by atoms with Crippen molar-refractivity contribution >= 4 is 27.3 Å². The van der Waals surface area contributed by atoms with E-state index in [2.05, 4.69) is 14.7 Å². The van der Waals surface area contributed by atoms with Crippen LogP contribution in [0.25, 0.3) is 0 Å². The van der Waals surface area contributed by atoms with Crippen molar-refractivity contribution in [2.45, 2.75) is 18.4 Å². The Morgan fingerprint density at radius 1 is 1.10 bits per heavy atom. The predicted molar refractivity (Wildman–Crippen MR) is 113 cm³/mol. The topological polar surface area (TPSA) is 99.6 Å². The van der Waals surface area contributed by atoms with E-state index in [-0.39, 0.29) is 23.1 Å². The number of methoxy groups -OCH3 is 2. The van der Waals surface area contributed by atoms with E-state index in [4.69, 9.17) is 25.8 Å². The van der Waals surface area contributed by atoms with Crippen LogP contribution in [-0.2, 0) is 16.6 Å². The Bertz CT molecular complexity index is 1150. The second kappa shape index (κ2) is 9.19. The van der Waals surface area contributed by atoms with Gasteiger partial charge in [-0.2, -0.15) is 4.98 Å². The molecule has 8 nitrogen and oxygen atoms in total. The molecule has 1 N–H and O–H groups in total. The van der Waals surface area contributed by atoms with Crippen LogP contribution in [0, 0.1) is 6.92 Å². The smallest absolute Gasteiger partial charge is 0.262 e. The van der Waals surface area contributed by atoms with Crippen molar-refractivity contribution in [3.05, 3.63) is 65.1 Å². The van der Waals surface area contributed by atoms with Gasteiger partial charge in [0, 0.05) is 5.02 Å². The first-order valence-electron chi connectivity index (χ1n) is 8.77. The SMILES string of the molecule is COc1ccc(COc2ncncc2NS(=O)(=O)c2cccc(Cl)c2C)cc1OC. The average Bonchev–Trinajstić information content (AvgIpc) is 2.74. The maximum Gasteiger partial charge on any atom is 0.262 e. The molecule has 1 heterocycles. The lowest BCUT2D eigenvalue weighted by Gasteiger charge is -2.14. The summed E-state index contributed by atoms with van der Waals surface area (Å²) >= 11 is 6.06. The molecule has 2 aromatic carbocycles. The van der Waals surface area contributed by atoms with Gasteiger partial charge < -0.3 is 14.2 Å². The number of nitrogens with zero attached hydrogens (tertiary/aromatic N) is 2. The minimum Gasteiger partial charge on any atom is -0.493 e. The highest BCUT2D eigenvalue weighted by Gasteiger charge is 2.21. The summed E-state index contributed by atoms with van der Waals surface area (Å²) < 4.78 is 44.4. The first-order valence-corrected chi connectivity index (χ1v) is 10.6. The lowest BCUT2D eigenvalue weighted by molar-refractivity contribution is 0.293. The van der Waals surface area contributed by atoms with Crippen molar-refractivity contribution in [1.82, 2.24) is 9.97 Å². The van der Waals surface area contributed by atoms with Gasteiger partial charge in [-0.1, -0.05) is 23.7 Å². The van der Waals surface area contributed by atoms with E-state index >= 15 is 0 Å². The molecule has 0 radical (unpaired) electrons. The maximum atomic E-state index is 12.8. The van der Waals surface area contributed by atoms with Crippen LogP contribution < -0.4 is 18.9 Å². The molecule has 0 spiro atoms. The molecular weight excluding hydrogens is 430 g/mol. The van der Waals surface area contributed by atoms with Crippen LogP contribution >= 0.6 is 11.6 Å². The molecule has 0 amide bonds. The van der Waals surface area contributed by atoms with E-state index in [1.54, 1.807) is 38.3 Å². The third-order valence-corrected chi connectivity index (χ3v) is 6.17. The summed E-state index contributed by atoms with van der Waals surface area (Å²) in [5.74, 6) is 1.23. The largest absolute Gasteiger partial charge is 0.493 e. The van der Waals surface area contributed by atoms with Crippen molar-refractivity contribution < 1.29 is 22.6 Å². The number of aromatic nitrogens is 2. The van der Waals surface area contributed by atoms with E-state index in [0.29, 0.717) is 22.1 Å². The van der Waals surface area contributed by atoms with E-state index in [9.17, 15) is 8.42 Å². The number of nitrogens with one attached hydrogen (secondary N) is 1. The second-order valence-corrected chi connectivity index (χ2v) is 8.25. The quantitative estimate of drug-likeness (QED) is 0.557. The number of ether oxygens (including phenoxy) is 3. The van der Waals surface area contributed by atoms with Gasteiger partial charge in [0.2, 0.25) is 5.88 Å². The van der Waals surface area contributed by atoms with Gasteiger partial charge >= 0.3 is 0 Å².